The highest BCUT2D eigenvalue weighted by Gasteiger charge is 2.26. The normalized spacial score (nSPS) is 15.7. The van der Waals surface area contributed by atoms with Crippen LogP contribution in [0.1, 0.15) is 22.4 Å². The van der Waals surface area contributed by atoms with Gasteiger partial charge in [0.1, 0.15) is 0 Å². The number of aryl methyl sites for hydroxylation is 1. The summed E-state index contributed by atoms with van der Waals surface area (Å²) in [4.78, 5) is 1.36. The van der Waals surface area contributed by atoms with Crippen LogP contribution in [0.15, 0.2) is 5.38 Å². The van der Waals surface area contributed by atoms with Gasteiger partial charge in [-0.3, -0.25) is 0 Å². The minimum atomic E-state index is -4.11. The molecule has 1 aromatic rings. The fourth-order valence-corrected chi connectivity index (χ4v) is 3.03. The molecule has 1 aromatic heterocycles. The summed E-state index contributed by atoms with van der Waals surface area (Å²) in [5.74, 6) is 0. The smallest absolute Gasteiger partial charge is 0.305 e. The Morgan fingerprint density at radius 3 is 2.87 bits per heavy atom. The van der Waals surface area contributed by atoms with Gasteiger partial charge in [0, 0.05) is 11.4 Å². The molecular weight excluding hydrogens is 223 g/mol. The SMILES string of the molecule is FC(F)(F)CNCc1csc2c1CCC2. The van der Waals surface area contributed by atoms with E-state index in [2.05, 4.69) is 5.32 Å². The van der Waals surface area contributed by atoms with E-state index >= 15 is 0 Å². The van der Waals surface area contributed by atoms with Crippen LogP contribution in [0.3, 0.4) is 0 Å². The highest BCUT2D eigenvalue weighted by Crippen LogP contribution is 2.31. The summed E-state index contributed by atoms with van der Waals surface area (Å²) in [7, 11) is 0. The van der Waals surface area contributed by atoms with E-state index in [-0.39, 0.29) is 0 Å². The van der Waals surface area contributed by atoms with E-state index in [1.807, 2.05) is 5.38 Å². The Balaban J connectivity index is 1.89. The molecule has 0 atom stereocenters. The van der Waals surface area contributed by atoms with Crippen molar-refractivity contribution in [1.29, 1.82) is 0 Å². The molecule has 5 heteroatoms. The summed E-state index contributed by atoms with van der Waals surface area (Å²) in [5.41, 5.74) is 2.34. The van der Waals surface area contributed by atoms with E-state index in [9.17, 15) is 13.2 Å². The molecule has 1 aliphatic rings. The molecule has 1 aliphatic carbocycles. The Morgan fingerprint density at radius 2 is 2.13 bits per heavy atom. The van der Waals surface area contributed by atoms with Gasteiger partial charge in [0.15, 0.2) is 0 Å². The molecule has 0 amide bonds. The van der Waals surface area contributed by atoms with Crippen molar-refractivity contribution in [1.82, 2.24) is 5.32 Å². The van der Waals surface area contributed by atoms with Gasteiger partial charge in [-0.15, -0.1) is 11.3 Å². The van der Waals surface area contributed by atoms with E-state index in [0.717, 1.165) is 24.8 Å². The van der Waals surface area contributed by atoms with Crippen molar-refractivity contribution in [2.75, 3.05) is 6.54 Å². The summed E-state index contributed by atoms with van der Waals surface area (Å²) in [6.45, 7) is -0.567. The third-order valence-electron chi connectivity index (χ3n) is 2.54. The lowest BCUT2D eigenvalue weighted by atomic mass is 10.1. The Hall–Kier alpha value is -0.550. The molecule has 0 bridgehead atoms. The van der Waals surface area contributed by atoms with Crippen LogP contribution in [0.25, 0.3) is 0 Å². The molecule has 0 fully saturated rings. The lowest BCUT2D eigenvalue weighted by molar-refractivity contribution is -0.125. The number of halogens is 3. The van der Waals surface area contributed by atoms with Gasteiger partial charge in [-0.05, 0) is 35.8 Å². The van der Waals surface area contributed by atoms with Crippen LogP contribution in [0.4, 0.5) is 13.2 Å². The zero-order valence-electron chi connectivity index (χ0n) is 8.16. The molecule has 0 unspecified atom stereocenters. The Kier molecular flexibility index (Phi) is 3.02. The number of hydrogen-bond acceptors (Lipinski definition) is 2. The van der Waals surface area contributed by atoms with E-state index in [0.29, 0.717) is 6.54 Å². The van der Waals surface area contributed by atoms with E-state index in [1.165, 1.54) is 10.4 Å². The quantitative estimate of drug-likeness (QED) is 0.849. The lowest BCUT2D eigenvalue weighted by Crippen LogP contribution is -2.28. The van der Waals surface area contributed by atoms with Crippen LogP contribution in [-0.4, -0.2) is 12.7 Å². The second kappa shape index (κ2) is 4.14. The minimum absolute atomic E-state index is 0.339. The van der Waals surface area contributed by atoms with Crippen LogP contribution in [-0.2, 0) is 19.4 Å². The van der Waals surface area contributed by atoms with E-state index in [4.69, 9.17) is 0 Å². The first-order valence-electron chi connectivity index (χ1n) is 4.92. The molecule has 15 heavy (non-hydrogen) atoms. The Morgan fingerprint density at radius 1 is 1.33 bits per heavy atom. The molecule has 1 heterocycles. The lowest BCUT2D eigenvalue weighted by Gasteiger charge is -2.08. The molecule has 1 nitrogen and oxygen atoms in total. The molecule has 2 rings (SSSR count). The number of fused-ring (bicyclic) bond motifs is 1. The number of rotatable bonds is 3. The predicted octanol–water partition coefficient (Wildman–Crippen LogP) is 2.89. The van der Waals surface area contributed by atoms with Crippen molar-refractivity contribution in [2.24, 2.45) is 0 Å². The molecular formula is C10H12F3NS. The van der Waals surface area contributed by atoms with E-state index < -0.39 is 12.7 Å². The standard InChI is InChI=1S/C10H12F3NS/c11-10(12,13)6-14-4-7-5-15-9-3-1-2-8(7)9/h5,14H,1-4,6H2. The van der Waals surface area contributed by atoms with Crippen LogP contribution in [0.5, 0.6) is 0 Å². The maximum atomic E-state index is 11.9. The van der Waals surface area contributed by atoms with Gasteiger partial charge < -0.3 is 5.32 Å². The van der Waals surface area contributed by atoms with Crippen LogP contribution in [0.2, 0.25) is 0 Å². The maximum Gasteiger partial charge on any atom is 0.401 e. The molecule has 0 aliphatic heterocycles. The van der Waals surface area contributed by atoms with Crippen molar-refractivity contribution < 1.29 is 13.2 Å². The third kappa shape index (κ3) is 2.72. The fraction of sp³-hybridized carbons (Fsp3) is 0.600. The van der Waals surface area contributed by atoms with Crippen molar-refractivity contribution in [3.8, 4) is 0 Å². The Labute approximate surface area is 90.3 Å². The predicted molar refractivity (Wildman–Crippen MR) is 54.1 cm³/mol. The molecule has 0 aromatic carbocycles. The van der Waals surface area contributed by atoms with Gasteiger partial charge >= 0.3 is 6.18 Å². The van der Waals surface area contributed by atoms with Gasteiger partial charge in [0.25, 0.3) is 0 Å². The molecule has 1 N–H and O–H groups in total. The zero-order valence-corrected chi connectivity index (χ0v) is 8.97. The number of thiophene rings is 1. The van der Waals surface area contributed by atoms with Gasteiger partial charge in [-0.2, -0.15) is 13.2 Å². The van der Waals surface area contributed by atoms with Gasteiger partial charge in [-0.1, -0.05) is 0 Å². The maximum absolute atomic E-state index is 11.9. The summed E-state index contributed by atoms with van der Waals surface area (Å²) < 4.78 is 35.7. The van der Waals surface area contributed by atoms with Gasteiger partial charge in [-0.25, -0.2) is 0 Å². The monoisotopic (exact) mass is 235 g/mol. The van der Waals surface area contributed by atoms with Crippen molar-refractivity contribution in [3.63, 3.8) is 0 Å². The minimum Gasteiger partial charge on any atom is -0.305 e. The molecule has 0 saturated carbocycles. The van der Waals surface area contributed by atoms with Crippen molar-refractivity contribution in [2.45, 2.75) is 32.0 Å². The average Bonchev–Trinajstić information content (AvgIpc) is 2.66. The largest absolute Gasteiger partial charge is 0.401 e. The van der Waals surface area contributed by atoms with Crippen LogP contribution in [0, 0.1) is 0 Å². The summed E-state index contributed by atoms with van der Waals surface area (Å²) >= 11 is 1.68. The number of hydrogen-bond donors (Lipinski definition) is 1. The highest BCUT2D eigenvalue weighted by molar-refractivity contribution is 7.10. The molecule has 0 radical (unpaired) electrons. The zero-order chi connectivity index (χ0) is 10.9. The second-order valence-electron chi connectivity index (χ2n) is 3.73. The second-order valence-corrected chi connectivity index (χ2v) is 4.70. The molecule has 0 saturated heterocycles. The van der Waals surface area contributed by atoms with Crippen molar-refractivity contribution >= 4 is 11.3 Å². The average molecular weight is 235 g/mol. The topological polar surface area (TPSA) is 12.0 Å². The van der Waals surface area contributed by atoms with Crippen molar-refractivity contribution in [3.05, 3.63) is 21.4 Å². The number of alkyl halides is 3. The summed E-state index contributed by atoms with van der Waals surface area (Å²) in [6, 6.07) is 0. The summed E-state index contributed by atoms with van der Waals surface area (Å²) in [5, 5.41) is 4.42. The fourth-order valence-electron chi connectivity index (χ4n) is 1.89. The molecule has 0 spiro atoms. The highest BCUT2D eigenvalue weighted by atomic mass is 32.1. The Bertz CT molecular complexity index is 343. The molecule has 84 valence electrons. The van der Waals surface area contributed by atoms with Crippen LogP contribution >= 0.6 is 11.3 Å². The first-order chi connectivity index (χ1) is 7.06. The van der Waals surface area contributed by atoms with E-state index in [1.54, 1.807) is 11.3 Å². The van der Waals surface area contributed by atoms with Gasteiger partial charge in [0.05, 0.1) is 6.54 Å². The first-order valence-corrected chi connectivity index (χ1v) is 5.80. The van der Waals surface area contributed by atoms with Crippen LogP contribution < -0.4 is 5.32 Å². The van der Waals surface area contributed by atoms with Gasteiger partial charge in [0.2, 0.25) is 0 Å². The third-order valence-corrected chi connectivity index (χ3v) is 3.68. The summed E-state index contributed by atoms with van der Waals surface area (Å²) in [6.07, 6.45) is -0.839. The number of nitrogens with one attached hydrogen (secondary N) is 1. The first kappa shape index (κ1) is 11.0.